The summed E-state index contributed by atoms with van der Waals surface area (Å²) in [5.41, 5.74) is 2.01. The van der Waals surface area contributed by atoms with Crippen molar-refractivity contribution in [2.45, 2.75) is 51.0 Å². The van der Waals surface area contributed by atoms with Gasteiger partial charge in [-0.3, -0.25) is 4.68 Å². The number of nitrogens with zero attached hydrogens (tertiary/aromatic N) is 1. The Hall–Kier alpha value is -0.530. The number of hydrogen-bond donors (Lipinski definition) is 0. The van der Waals surface area contributed by atoms with Crippen LogP contribution in [0.1, 0.15) is 44.9 Å². The third-order valence-corrected chi connectivity index (χ3v) is 4.21. The summed E-state index contributed by atoms with van der Waals surface area (Å²) in [7, 11) is 0. The van der Waals surface area contributed by atoms with E-state index in [1.54, 1.807) is 0 Å². The maximum Gasteiger partial charge on any atom is 0.153 e. The molecule has 1 N–H and O–H groups in total. The summed E-state index contributed by atoms with van der Waals surface area (Å²) < 4.78 is 1.88. The molecule has 0 aromatic rings. The summed E-state index contributed by atoms with van der Waals surface area (Å²) in [5.74, 6) is 7.98. The highest BCUT2D eigenvalue weighted by Gasteiger charge is 2.55. The summed E-state index contributed by atoms with van der Waals surface area (Å²) in [6.07, 6.45) is 9.28. The summed E-state index contributed by atoms with van der Waals surface area (Å²) in [6.45, 7) is 0. The molecule has 0 saturated heterocycles. The van der Waals surface area contributed by atoms with Gasteiger partial charge in [0.25, 0.3) is 0 Å². The fraction of sp³-hybridized carbons (Fsp3) is 0.900. The van der Waals surface area contributed by atoms with Crippen LogP contribution in [0.2, 0.25) is 0 Å². The maximum absolute atomic E-state index is 7.98. The van der Waals surface area contributed by atoms with E-state index in [-0.39, 0.29) is 0 Å². The molecule has 2 unspecified atom stereocenters. The van der Waals surface area contributed by atoms with E-state index in [1.165, 1.54) is 50.7 Å². The second-order valence-electron chi connectivity index (χ2n) is 4.74. The highest BCUT2D eigenvalue weighted by Crippen LogP contribution is 2.53. The maximum atomic E-state index is 7.98. The van der Waals surface area contributed by atoms with Crippen LogP contribution in [0.5, 0.6) is 0 Å². The molecular formula is C10H16N2. The van der Waals surface area contributed by atoms with E-state index in [0.29, 0.717) is 11.5 Å². The molecule has 2 nitrogen and oxygen atoms in total. The number of rotatable bonds is 0. The van der Waals surface area contributed by atoms with E-state index in [2.05, 4.69) is 0 Å². The van der Waals surface area contributed by atoms with Crippen LogP contribution in [0.15, 0.2) is 0 Å². The van der Waals surface area contributed by atoms with Crippen molar-refractivity contribution in [3.05, 3.63) is 5.84 Å². The molecule has 0 radical (unpaired) electrons. The van der Waals surface area contributed by atoms with Crippen molar-refractivity contribution in [1.29, 1.82) is 0 Å². The van der Waals surface area contributed by atoms with Crippen molar-refractivity contribution in [3.8, 4) is 0 Å². The van der Waals surface area contributed by atoms with Gasteiger partial charge in [0.2, 0.25) is 0 Å². The van der Waals surface area contributed by atoms with E-state index in [9.17, 15) is 0 Å². The third-order valence-electron chi connectivity index (χ3n) is 4.21. The topological polar surface area (TPSA) is 26.8 Å². The summed E-state index contributed by atoms with van der Waals surface area (Å²) in [6, 6.07) is 0.606. The Bertz CT molecular complexity index is 257. The second-order valence-corrected chi connectivity index (χ2v) is 4.74. The van der Waals surface area contributed by atoms with E-state index in [1.807, 2.05) is 4.68 Å². The predicted molar refractivity (Wildman–Crippen MR) is 48.1 cm³/mol. The molecule has 1 aliphatic heterocycles. The van der Waals surface area contributed by atoms with Crippen molar-refractivity contribution in [2.75, 3.05) is 0 Å². The molecule has 1 heterocycles. The number of fused-ring (bicyclic) bond motifs is 1. The Morgan fingerprint density at radius 3 is 3.08 bits per heavy atom. The molecule has 0 aromatic carbocycles. The number of hydrogen-bond acceptors (Lipinski definition) is 0. The molecule has 2 heteroatoms. The van der Waals surface area contributed by atoms with Crippen LogP contribution in [0.25, 0.3) is 5.84 Å². The lowest BCUT2D eigenvalue weighted by molar-refractivity contribution is -0.504. The Morgan fingerprint density at radius 2 is 2.17 bits per heavy atom. The quantitative estimate of drug-likeness (QED) is 0.492. The van der Waals surface area contributed by atoms with Gasteiger partial charge in [-0.25, -0.2) is 0 Å². The van der Waals surface area contributed by atoms with Crippen molar-refractivity contribution in [3.63, 3.8) is 0 Å². The Morgan fingerprint density at radius 1 is 1.33 bits per heavy atom. The van der Waals surface area contributed by atoms with Crippen molar-refractivity contribution in [1.82, 2.24) is 0 Å². The van der Waals surface area contributed by atoms with E-state index >= 15 is 0 Å². The van der Waals surface area contributed by atoms with E-state index < -0.39 is 0 Å². The zero-order valence-corrected chi connectivity index (χ0v) is 7.47. The lowest BCUT2D eigenvalue weighted by Crippen LogP contribution is -2.30. The molecule has 2 atom stereocenters. The molecule has 2 bridgehead atoms. The highest BCUT2D eigenvalue weighted by molar-refractivity contribution is 5.83. The lowest BCUT2D eigenvalue weighted by Gasteiger charge is -2.27. The first-order chi connectivity index (χ1) is 5.82. The SMILES string of the molecule is [NH-][N+]1=C2CCCC3(CCCC13)C2. The normalized spacial score (nSPS) is 45.2. The Labute approximate surface area is 73.4 Å². The third kappa shape index (κ3) is 0.644. The summed E-state index contributed by atoms with van der Waals surface area (Å²) in [5, 5.41) is 0. The number of nitrogens with one attached hydrogen (secondary N) is 1. The molecule has 12 heavy (non-hydrogen) atoms. The van der Waals surface area contributed by atoms with Gasteiger partial charge in [0.15, 0.2) is 6.04 Å². The van der Waals surface area contributed by atoms with Gasteiger partial charge in [-0.2, -0.15) is 0 Å². The van der Waals surface area contributed by atoms with Crippen molar-refractivity contribution >= 4 is 5.71 Å². The van der Waals surface area contributed by atoms with Crippen LogP contribution in [-0.2, 0) is 0 Å². The van der Waals surface area contributed by atoms with Crippen LogP contribution in [-0.4, -0.2) is 16.4 Å². The summed E-state index contributed by atoms with van der Waals surface area (Å²) >= 11 is 0. The van der Waals surface area contributed by atoms with Gasteiger partial charge >= 0.3 is 0 Å². The molecule has 2 aliphatic carbocycles. The minimum Gasteiger partial charge on any atom is -0.454 e. The molecule has 66 valence electrons. The molecule has 1 spiro atoms. The first-order valence-corrected chi connectivity index (χ1v) is 5.17. The van der Waals surface area contributed by atoms with Crippen LogP contribution < -0.4 is 0 Å². The van der Waals surface area contributed by atoms with E-state index in [4.69, 9.17) is 5.84 Å². The van der Waals surface area contributed by atoms with Gasteiger partial charge in [0.1, 0.15) is 5.71 Å². The lowest BCUT2D eigenvalue weighted by atomic mass is 9.73. The predicted octanol–water partition coefficient (Wildman–Crippen LogP) is 2.53. The molecule has 3 aliphatic rings. The minimum atomic E-state index is 0.579. The average molecular weight is 164 g/mol. The van der Waals surface area contributed by atoms with Gasteiger partial charge in [-0.1, -0.05) is 0 Å². The Kier molecular flexibility index (Phi) is 1.18. The first kappa shape index (κ1) is 6.93. The molecule has 0 amide bonds. The summed E-state index contributed by atoms with van der Waals surface area (Å²) in [4.78, 5) is 0. The van der Waals surface area contributed by atoms with Crippen molar-refractivity contribution in [2.24, 2.45) is 5.41 Å². The molecule has 0 aromatic heterocycles. The van der Waals surface area contributed by atoms with Gasteiger partial charge in [0, 0.05) is 24.7 Å². The Balaban J connectivity index is 2.06. The largest absolute Gasteiger partial charge is 0.454 e. The average Bonchev–Trinajstić information content (AvgIpc) is 2.53. The fourth-order valence-electron chi connectivity index (χ4n) is 3.67. The van der Waals surface area contributed by atoms with Crippen LogP contribution >= 0.6 is 0 Å². The minimum absolute atomic E-state index is 0.579. The standard InChI is InChI=1S/C10H16N2/c11-12-8-3-1-5-10(7-8)6-2-4-9(10)12/h9,11H,1-7H2. The second kappa shape index (κ2) is 2.04. The van der Waals surface area contributed by atoms with Gasteiger partial charge in [-0.05, 0) is 25.7 Å². The van der Waals surface area contributed by atoms with Crippen LogP contribution in [0, 0.1) is 5.41 Å². The molecular weight excluding hydrogens is 148 g/mol. The van der Waals surface area contributed by atoms with Crippen LogP contribution in [0.3, 0.4) is 0 Å². The van der Waals surface area contributed by atoms with Crippen molar-refractivity contribution < 1.29 is 4.68 Å². The van der Waals surface area contributed by atoms with E-state index in [0.717, 1.165) is 0 Å². The zero-order chi connectivity index (χ0) is 8.18. The molecule has 2 fully saturated rings. The zero-order valence-electron chi connectivity index (χ0n) is 7.47. The fourth-order valence-corrected chi connectivity index (χ4v) is 3.67. The van der Waals surface area contributed by atoms with Gasteiger partial charge in [0.05, 0.1) is 0 Å². The first-order valence-electron chi connectivity index (χ1n) is 5.17. The van der Waals surface area contributed by atoms with Gasteiger partial charge < -0.3 is 5.84 Å². The highest BCUT2D eigenvalue weighted by atomic mass is 15.4. The monoisotopic (exact) mass is 164 g/mol. The smallest absolute Gasteiger partial charge is 0.153 e. The van der Waals surface area contributed by atoms with Gasteiger partial charge in [-0.15, -0.1) is 0 Å². The van der Waals surface area contributed by atoms with Crippen LogP contribution in [0.4, 0.5) is 0 Å². The molecule has 3 rings (SSSR count). The molecule has 2 saturated carbocycles.